The maximum Gasteiger partial charge on any atom is 0.164 e. The van der Waals surface area contributed by atoms with Crippen LogP contribution in [0, 0.1) is 0 Å². The summed E-state index contributed by atoms with van der Waals surface area (Å²) in [5.74, 6) is 1.91. The Hall–Kier alpha value is -7.17. The maximum atomic E-state index is 5.16. The monoisotopic (exact) mass is 716 g/mol. The predicted octanol–water partition coefficient (Wildman–Crippen LogP) is 13.1. The smallest absolute Gasteiger partial charge is 0.164 e. The number of hydrogen-bond acceptors (Lipinski definition) is 3. The molecule has 4 heteroatoms. The fourth-order valence-electron chi connectivity index (χ4n) is 9.02. The van der Waals surface area contributed by atoms with E-state index in [9.17, 15) is 0 Å². The molecular formula is C52H36N4. The lowest BCUT2D eigenvalue weighted by Crippen LogP contribution is -2.15. The van der Waals surface area contributed by atoms with E-state index in [1.54, 1.807) is 0 Å². The lowest BCUT2D eigenvalue weighted by Gasteiger charge is -2.24. The Labute approximate surface area is 325 Å². The molecule has 1 aliphatic rings. The molecule has 10 aromatic rings. The van der Waals surface area contributed by atoms with Crippen molar-refractivity contribution in [1.82, 2.24) is 19.5 Å². The average molecular weight is 717 g/mol. The Balaban J connectivity index is 1.05. The molecule has 0 aliphatic heterocycles. The van der Waals surface area contributed by atoms with E-state index in [0.29, 0.717) is 17.5 Å². The SMILES string of the molecule is CC1(C)c2ccccc2-c2c(-c3ccc(-c4nc(-c5ccccc5)nc(-c5cccc(-n6c7ccccc7c7ccccc76)c5)n4)cc3)cc3ccccc3c21. The zero-order valence-electron chi connectivity index (χ0n) is 31.1. The quantitative estimate of drug-likeness (QED) is 0.178. The molecule has 1 aliphatic carbocycles. The lowest BCUT2D eigenvalue weighted by molar-refractivity contribution is 0.666. The predicted molar refractivity (Wildman–Crippen MR) is 231 cm³/mol. The highest BCUT2D eigenvalue weighted by Gasteiger charge is 2.38. The number of benzene rings is 8. The Morgan fingerprint density at radius 3 is 1.66 bits per heavy atom. The third kappa shape index (κ3) is 4.96. The molecular weight excluding hydrogens is 681 g/mol. The van der Waals surface area contributed by atoms with Gasteiger partial charge >= 0.3 is 0 Å². The highest BCUT2D eigenvalue weighted by atomic mass is 15.0. The van der Waals surface area contributed by atoms with Gasteiger partial charge in [-0.05, 0) is 74.5 Å². The van der Waals surface area contributed by atoms with Gasteiger partial charge in [0.1, 0.15) is 0 Å². The second kappa shape index (κ2) is 12.4. The second-order valence-electron chi connectivity index (χ2n) is 15.2. The molecule has 0 N–H and O–H groups in total. The maximum absolute atomic E-state index is 5.16. The molecule has 0 fully saturated rings. The van der Waals surface area contributed by atoms with Crippen molar-refractivity contribution >= 4 is 32.6 Å². The fraction of sp³-hybridized carbons (Fsp3) is 0.0577. The van der Waals surface area contributed by atoms with Gasteiger partial charge in [-0.25, -0.2) is 15.0 Å². The molecule has 264 valence electrons. The number of hydrogen-bond donors (Lipinski definition) is 0. The van der Waals surface area contributed by atoms with E-state index in [1.807, 2.05) is 18.2 Å². The molecule has 56 heavy (non-hydrogen) atoms. The number of rotatable bonds is 5. The van der Waals surface area contributed by atoms with Crippen molar-refractivity contribution in [3.8, 4) is 62.1 Å². The van der Waals surface area contributed by atoms with Gasteiger partial charge in [-0.1, -0.05) is 166 Å². The standard InChI is InChI=1S/C52H36N4/c1-52(2)44-24-11-8-23-42(44)47-43(32-36-17-6-7-20-39(36)48(47)52)33-27-29-35(30-28-33)50-53-49(34-15-4-3-5-16-34)54-51(55-50)37-18-14-19-38(31-37)56-45-25-12-9-21-40(45)41-22-10-13-26-46(41)56/h3-32H,1-2H3. The van der Waals surface area contributed by atoms with E-state index in [-0.39, 0.29) is 5.41 Å². The molecule has 2 heterocycles. The van der Waals surface area contributed by atoms with Gasteiger partial charge in [0, 0.05) is 38.6 Å². The topological polar surface area (TPSA) is 43.6 Å². The first-order valence-corrected chi connectivity index (χ1v) is 19.2. The van der Waals surface area contributed by atoms with Gasteiger partial charge in [0.05, 0.1) is 11.0 Å². The summed E-state index contributed by atoms with van der Waals surface area (Å²) < 4.78 is 2.33. The van der Waals surface area contributed by atoms with Crippen molar-refractivity contribution in [2.75, 3.05) is 0 Å². The van der Waals surface area contributed by atoms with Gasteiger partial charge in [-0.3, -0.25) is 0 Å². The van der Waals surface area contributed by atoms with Crippen molar-refractivity contribution in [3.63, 3.8) is 0 Å². The highest BCUT2D eigenvalue weighted by molar-refractivity contribution is 6.09. The normalized spacial score (nSPS) is 13.0. The first-order chi connectivity index (χ1) is 27.5. The molecule has 0 atom stereocenters. The van der Waals surface area contributed by atoms with Crippen LogP contribution in [0.2, 0.25) is 0 Å². The summed E-state index contributed by atoms with van der Waals surface area (Å²) in [6.07, 6.45) is 0. The molecule has 0 unspecified atom stereocenters. The molecule has 4 nitrogen and oxygen atoms in total. The molecule has 0 spiro atoms. The van der Waals surface area contributed by atoms with Gasteiger partial charge in [-0.2, -0.15) is 0 Å². The summed E-state index contributed by atoms with van der Waals surface area (Å²) in [5.41, 5.74) is 13.9. The Bertz CT molecular complexity index is 3100. The Morgan fingerprint density at radius 2 is 0.946 bits per heavy atom. The van der Waals surface area contributed by atoms with Gasteiger partial charge in [-0.15, -0.1) is 0 Å². The Morgan fingerprint density at radius 1 is 0.411 bits per heavy atom. The zero-order chi connectivity index (χ0) is 37.4. The van der Waals surface area contributed by atoms with Gasteiger partial charge in [0.15, 0.2) is 17.5 Å². The van der Waals surface area contributed by atoms with Gasteiger partial charge in [0.2, 0.25) is 0 Å². The zero-order valence-corrected chi connectivity index (χ0v) is 31.1. The Kier molecular flexibility index (Phi) is 7.17. The summed E-state index contributed by atoms with van der Waals surface area (Å²) in [5, 5.41) is 5.03. The van der Waals surface area contributed by atoms with Crippen LogP contribution in [0.25, 0.3) is 94.7 Å². The van der Waals surface area contributed by atoms with E-state index in [1.165, 1.54) is 54.9 Å². The van der Waals surface area contributed by atoms with E-state index in [2.05, 4.69) is 182 Å². The van der Waals surface area contributed by atoms with Crippen molar-refractivity contribution in [1.29, 1.82) is 0 Å². The van der Waals surface area contributed by atoms with E-state index < -0.39 is 0 Å². The minimum atomic E-state index is -0.116. The average Bonchev–Trinajstić information content (AvgIpc) is 3.72. The second-order valence-corrected chi connectivity index (χ2v) is 15.2. The van der Waals surface area contributed by atoms with Crippen LogP contribution < -0.4 is 0 Å². The molecule has 0 bridgehead atoms. The number of aromatic nitrogens is 4. The van der Waals surface area contributed by atoms with Crippen LogP contribution in [0.5, 0.6) is 0 Å². The molecule has 11 rings (SSSR count). The van der Waals surface area contributed by atoms with Crippen molar-refractivity contribution in [3.05, 3.63) is 193 Å². The summed E-state index contributed by atoms with van der Waals surface area (Å²) in [6.45, 7) is 4.72. The van der Waals surface area contributed by atoms with E-state index in [0.717, 1.165) is 33.4 Å². The summed E-state index contributed by atoms with van der Waals surface area (Å²) in [7, 11) is 0. The minimum absolute atomic E-state index is 0.116. The van der Waals surface area contributed by atoms with Crippen LogP contribution in [0.15, 0.2) is 182 Å². The molecule has 2 aromatic heterocycles. The number of nitrogens with zero attached hydrogens (tertiary/aromatic N) is 4. The largest absolute Gasteiger partial charge is 0.309 e. The third-order valence-electron chi connectivity index (χ3n) is 11.6. The van der Waals surface area contributed by atoms with Gasteiger partial charge < -0.3 is 4.57 Å². The first-order valence-electron chi connectivity index (χ1n) is 19.2. The van der Waals surface area contributed by atoms with E-state index in [4.69, 9.17) is 15.0 Å². The third-order valence-corrected chi connectivity index (χ3v) is 11.6. The molecule has 0 saturated heterocycles. The first kappa shape index (κ1) is 32.3. The van der Waals surface area contributed by atoms with Crippen LogP contribution in [-0.4, -0.2) is 19.5 Å². The van der Waals surface area contributed by atoms with E-state index >= 15 is 0 Å². The fourth-order valence-corrected chi connectivity index (χ4v) is 9.02. The molecule has 0 saturated carbocycles. The van der Waals surface area contributed by atoms with Crippen molar-refractivity contribution < 1.29 is 0 Å². The van der Waals surface area contributed by atoms with Gasteiger partial charge in [0.25, 0.3) is 0 Å². The van der Waals surface area contributed by atoms with Crippen LogP contribution in [-0.2, 0) is 5.41 Å². The number of para-hydroxylation sites is 2. The lowest BCUT2D eigenvalue weighted by atomic mass is 9.79. The molecule has 0 amide bonds. The van der Waals surface area contributed by atoms with Crippen molar-refractivity contribution in [2.24, 2.45) is 0 Å². The van der Waals surface area contributed by atoms with Crippen molar-refractivity contribution in [2.45, 2.75) is 19.3 Å². The highest BCUT2D eigenvalue weighted by Crippen LogP contribution is 2.54. The number of fused-ring (bicyclic) bond motifs is 8. The summed E-state index contributed by atoms with van der Waals surface area (Å²) >= 11 is 0. The summed E-state index contributed by atoms with van der Waals surface area (Å²) in [6, 6.07) is 64.7. The summed E-state index contributed by atoms with van der Waals surface area (Å²) in [4.78, 5) is 15.3. The van der Waals surface area contributed by atoms with Crippen LogP contribution >= 0.6 is 0 Å². The van der Waals surface area contributed by atoms with Crippen LogP contribution in [0.3, 0.4) is 0 Å². The molecule has 0 radical (unpaired) electrons. The molecule has 8 aromatic carbocycles. The van der Waals surface area contributed by atoms with Crippen LogP contribution in [0.4, 0.5) is 0 Å². The minimum Gasteiger partial charge on any atom is -0.309 e. The van der Waals surface area contributed by atoms with Crippen LogP contribution in [0.1, 0.15) is 25.0 Å².